The number of esters is 1. The number of ether oxygens (including phenoxy) is 1. The fourth-order valence-electron chi connectivity index (χ4n) is 4.61. The van der Waals surface area contributed by atoms with Crippen LogP contribution in [0.4, 0.5) is 0 Å². The zero-order valence-corrected chi connectivity index (χ0v) is 23.0. The summed E-state index contributed by atoms with van der Waals surface area (Å²) in [6.07, 6.45) is 16.4. The van der Waals surface area contributed by atoms with Crippen molar-refractivity contribution in [3.8, 4) is 0 Å². The van der Waals surface area contributed by atoms with Gasteiger partial charge in [-0.15, -0.1) is 0 Å². The molecular formula is C30H47NO3. The van der Waals surface area contributed by atoms with Gasteiger partial charge in [-0.1, -0.05) is 55.4 Å². The van der Waals surface area contributed by atoms with E-state index in [4.69, 9.17) is 4.74 Å². The first-order valence-electron chi connectivity index (χ1n) is 12.7. The monoisotopic (exact) mass is 469 g/mol. The van der Waals surface area contributed by atoms with Crippen molar-refractivity contribution in [2.75, 3.05) is 6.61 Å². The predicted molar refractivity (Wildman–Crippen MR) is 143 cm³/mol. The van der Waals surface area contributed by atoms with Gasteiger partial charge in [-0.3, -0.25) is 4.79 Å². The van der Waals surface area contributed by atoms with Crippen molar-refractivity contribution in [2.24, 2.45) is 5.41 Å². The SMILES string of the molecule is CC(C=CC1=C(C)CCCC1(C)C)=CC=CC(C)=CC(=O)OCCCC(=O)N(C(C)C)C(C)C. The molecule has 0 saturated carbocycles. The van der Waals surface area contributed by atoms with Crippen LogP contribution in [0.5, 0.6) is 0 Å². The molecule has 0 aromatic rings. The van der Waals surface area contributed by atoms with Gasteiger partial charge in [0.05, 0.1) is 6.61 Å². The largest absolute Gasteiger partial charge is 0.463 e. The maximum absolute atomic E-state index is 12.4. The van der Waals surface area contributed by atoms with Crippen LogP contribution in [0.1, 0.15) is 94.4 Å². The summed E-state index contributed by atoms with van der Waals surface area (Å²) in [6.45, 7) is 19.2. The molecule has 0 saturated heterocycles. The highest BCUT2D eigenvalue weighted by atomic mass is 16.5. The average Bonchev–Trinajstić information content (AvgIpc) is 2.69. The molecule has 1 aliphatic rings. The van der Waals surface area contributed by atoms with Gasteiger partial charge in [0.2, 0.25) is 5.91 Å². The van der Waals surface area contributed by atoms with Crippen molar-refractivity contribution in [1.29, 1.82) is 0 Å². The quantitative estimate of drug-likeness (QED) is 0.136. The van der Waals surface area contributed by atoms with Crippen LogP contribution < -0.4 is 0 Å². The molecule has 1 amide bonds. The Balaban J connectivity index is 2.52. The molecule has 0 radical (unpaired) electrons. The van der Waals surface area contributed by atoms with Crippen molar-refractivity contribution < 1.29 is 14.3 Å². The van der Waals surface area contributed by atoms with Crippen LogP contribution in [0.15, 0.2) is 58.7 Å². The third kappa shape index (κ3) is 10.3. The summed E-state index contributed by atoms with van der Waals surface area (Å²) >= 11 is 0. The Bertz CT molecular complexity index is 842. The molecule has 190 valence electrons. The first-order chi connectivity index (χ1) is 15.8. The molecule has 0 aromatic carbocycles. The molecule has 0 unspecified atom stereocenters. The van der Waals surface area contributed by atoms with Crippen molar-refractivity contribution >= 4 is 11.9 Å². The Morgan fingerprint density at radius 3 is 2.29 bits per heavy atom. The Labute approximate surface area is 208 Å². The van der Waals surface area contributed by atoms with Gasteiger partial charge in [0, 0.05) is 24.6 Å². The van der Waals surface area contributed by atoms with Crippen LogP contribution in [0.25, 0.3) is 0 Å². The fraction of sp³-hybridized carbons (Fsp3) is 0.600. The van der Waals surface area contributed by atoms with Gasteiger partial charge < -0.3 is 9.64 Å². The molecule has 34 heavy (non-hydrogen) atoms. The van der Waals surface area contributed by atoms with E-state index in [-0.39, 0.29) is 36.0 Å². The smallest absolute Gasteiger partial charge is 0.331 e. The lowest BCUT2D eigenvalue weighted by Crippen LogP contribution is -2.42. The zero-order chi connectivity index (χ0) is 25.9. The molecule has 0 fully saturated rings. The molecule has 1 rings (SSSR count). The second-order valence-electron chi connectivity index (χ2n) is 10.7. The molecule has 4 heteroatoms. The highest BCUT2D eigenvalue weighted by molar-refractivity contribution is 5.83. The minimum absolute atomic E-state index is 0.102. The summed E-state index contributed by atoms with van der Waals surface area (Å²) in [6, 6.07) is 0.335. The highest BCUT2D eigenvalue weighted by Gasteiger charge is 2.26. The predicted octanol–water partition coefficient (Wildman–Crippen LogP) is 7.49. The van der Waals surface area contributed by atoms with E-state index < -0.39 is 0 Å². The summed E-state index contributed by atoms with van der Waals surface area (Å²) in [7, 11) is 0. The van der Waals surface area contributed by atoms with E-state index in [0.29, 0.717) is 12.8 Å². The summed E-state index contributed by atoms with van der Waals surface area (Å²) in [5.41, 5.74) is 5.18. The second-order valence-corrected chi connectivity index (χ2v) is 10.7. The fourth-order valence-corrected chi connectivity index (χ4v) is 4.61. The summed E-state index contributed by atoms with van der Waals surface area (Å²) in [5.74, 6) is -0.271. The molecule has 1 aliphatic carbocycles. The zero-order valence-electron chi connectivity index (χ0n) is 23.0. The molecule has 4 nitrogen and oxygen atoms in total. The minimum atomic E-state index is -0.373. The Kier molecular flexibility index (Phi) is 12.3. The minimum Gasteiger partial charge on any atom is -0.463 e. The van der Waals surface area contributed by atoms with Crippen molar-refractivity contribution in [3.05, 3.63) is 58.7 Å². The van der Waals surface area contributed by atoms with Gasteiger partial charge >= 0.3 is 5.97 Å². The van der Waals surface area contributed by atoms with Gasteiger partial charge in [-0.25, -0.2) is 4.79 Å². The molecule has 0 heterocycles. The lowest BCUT2D eigenvalue weighted by atomic mass is 9.72. The average molecular weight is 470 g/mol. The number of nitrogens with zero attached hydrogens (tertiary/aromatic N) is 1. The van der Waals surface area contributed by atoms with Crippen molar-refractivity contribution in [2.45, 2.75) is 107 Å². The molecule has 0 N–H and O–H groups in total. The van der Waals surface area contributed by atoms with Gasteiger partial charge in [0.25, 0.3) is 0 Å². The van der Waals surface area contributed by atoms with Gasteiger partial charge in [-0.05, 0) is 90.7 Å². The molecule has 0 aliphatic heterocycles. The number of rotatable bonds is 11. The standard InChI is InChI=1S/C30H47NO3/c1-22(2)31(23(3)4)28(32)16-12-20-34-29(33)21-25(6)14-10-13-24(5)17-18-27-26(7)15-11-19-30(27,8)9/h10,13-14,17-18,21-23H,11-12,15-16,19-20H2,1-9H3. The number of amides is 1. The third-order valence-electron chi connectivity index (χ3n) is 6.30. The van der Waals surface area contributed by atoms with Crippen LogP contribution in [-0.2, 0) is 14.3 Å². The topological polar surface area (TPSA) is 46.6 Å². The van der Waals surface area contributed by atoms with Gasteiger partial charge in [0.1, 0.15) is 0 Å². The van der Waals surface area contributed by atoms with Crippen LogP contribution in [0, 0.1) is 5.41 Å². The number of carbonyl (C=O) groups excluding carboxylic acids is 2. The molecule has 0 aromatic heterocycles. The van der Waals surface area contributed by atoms with Gasteiger partial charge in [-0.2, -0.15) is 0 Å². The summed E-state index contributed by atoms with van der Waals surface area (Å²) in [5, 5.41) is 0. The van der Waals surface area contributed by atoms with E-state index >= 15 is 0 Å². The Morgan fingerprint density at radius 2 is 1.71 bits per heavy atom. The van der Waals surface area contributed by atoms with E-state index in [1.54, 1.807) is 0 Å². The number of allylic oxidation sites excluding steroid dienone is 9. The van der Waals surface area contributed by atoms with E-state index in [2.05, 4.69) is 39.8 Å². The highest BCUT2D eigenvalue weighted by Crippen LogP contribution is 2.40. The van der Waals surface area contributed by atoms with Crippen LogP contribution >= 0.6 is 0 Å². The van der Waals surface area contributed by atoms with E-state index in [9.17, 15) is 9.59 Å². The summed E-state index contributed by atoms with van der Waals surface area (Å²) in [4.78, 5) is 26.3. The lowest BCUT2D eigenvalue weighted by molar-refractivity contribution is -0.140. The van der Waals surface area contributed by atoms with Crippen LogP contribution in [-0.4, -0.2) is 35.5 Å². The van der Waals surface area contributed by atoms with Crippen LogP contribution in [0.2, 0.25) is 0 Å². The second kappa shape index (κ2) is 14.1. The number of carbonyl (C=O) groups is 2. The maximum atomic E-state index is 12.4. The van der Waals surface area contributed by atoms with Crippen LogP contribution in [0.3, 0.4) is 0 Å². The third-order valence-corrected chi connectivity index (χ3v) is 6.30. The molecular weight excluding hydrogens is 422 g/mol. The molecule has 0 atom stereocenters. The Hall–Kier alpha value is -2.36. The summed E-state index contributed by atoms with van der Waals surface area (Å²) < 4.78 is 5.27. The van der Waals surface area contributed by atoms with Crippen molar-refractivity contribution in [1.82, 2.24) is 4.90 Å². The van der Waals surface area contributed by atoms with E-state index in [0.717, 1.165) is 11.1 Å². The molecule has 0 bridgehead atoms. The first-order valence-corrected chi connectivity index (χ1v) is 12.7. The van der Waals surface area contributed by atoms with Gasteiger partial charge in [0.15, 0.2) is 0 Å². The first kappa shape index (κ1) is 29.7. The lowest BCUT2D eigenvalue weighted by Gasteiger charge is -2.32. The van der Waals surface area contributed by atoms with E-state index in [1.165, 1.54) is 36.5 Å². The molecule has 0 spiro atoms. The van der Waals surface area contributed by atoms with Crippen molar-refractivity contribution in [3.63, 3.8) is 0 Å². The number of hydrogen-bond donors (Lipinski definition) is 0. The number of hydrogen-bond acceptors (Lipinski definition) is 3. The van der Waals surface area contributed by atoms with E-state index in [1.807, 2.05) is 57.7 Å². The Morgan fingerprint density at radius 1 is 1.06 bits per heavy atom. The maximum Gasteiger partial charge on any atom is 0.331 e. The normalized spacial score (nSPS) is 17.4.